The largest absolute Gasteiger partial charge is 0.350 e. The topological polar surface area (TPSA) is 75.4 Å². The van der Waals surface area contributed by atoms with Crippen LogP contribution in [-0.4, -0.2) is 41.4 Å². The molecule has 2 saturated carbocycles. The molecule has 3 aliphatic rings. The van der Waals surface area contributed by atoms with Crippen molar-refractivity contribution in [1.82, 2.24) is 10.2 Å². The number of carbonyl (C=O) groups excluding carboxylic acids is 2. The molecule has 4 unspecified atom stereocenters. The van der Waals surface area contributed by atoms with Crippen LogP contribution >= 0.6 is 11.6 Å². The highest BCUT2D eigenvalue weighted by Crippen LogP contribution is 2.41. The van der Waals surface area contributed by atoms with Crippen LogP contribution in [0.1, 0.15) is 55.3 Å². The number of hydrogen-bond acceptors (Lipinski definition) is 3. The summed E-state index contributed by atoms with van der Waals surface area (Å²) in [4.78, 5) is 28.3. The van der Waals surface area contributed by atoms with E-state index in [1.165, 1.54) is 6.42 Å². The van der Waals surface area contributed by atoms with Crippen molar-refractivity contribution in [3.05, 3.63) is 34.9 Å². The molecule has 1 aliphatic heterocycles. The van der Waals surface area contributed by atoms with E-state index in [1.807, 2.05) is 4.90 Å². The maximum absolute atomic E-state index is 13.3. The summed E-state index contributed by atoms with van der Waals surface area (Å²) in [6, 6.07) is 6.81. The summed E-state index contributed by atoms with van der Waals surface area (Å²) in [6.07, 6.45) is 7.38. The van der Waals surface area contributed by atoms with Crippen molar-refractivity contribution in [3.8, 4) is 0 Å². The van der Waals surface area contributed by atoms with Gasteiger partial charge in [-0.05, 0) is 62.1 Å². The van der Waals surface area contributed by atoms with Gasteiger partial charge >= 0.3 is 0 Å². The average molecular weight is 390 g/mol. The van der Waals surface area contributed by atoms with Gasteiger partial charge in [0.15, 0.2) is 0 Å². The monoisotopic (exact) mass is 389 g/mol. The third-order valence-electron chi connectivity index (χ3n) is 6.47. The summed E-state index contributed by atoms with van der Waals surface area (Å²) in [5.41, 5.74) is 6.43. The van der Waals surface area contributed by atoms with Crippen molar-refractivity contribution in [2.24, 2.45) is 17.6 Å². The second-order valence-corrected chi connectivity index (χ2v) is 8.71. The van der Waals surface area contributed by atoms with E-state index >= 15 is 0 Å². The Kier molecular flexibility index (Phi) is 5.42. The molecule has 5 nitrogen and oxygen atoms in total. The van der Waals surface area contributed by atoms with Crippen LogP contribution in [0.25, 0.3) is 0 Å². The van der Waals surface area contributed by atoms with Crippen LogP contribution in [0.5, 0.6) is 0 Å². The number of fused-ring (bicyclic) bond motifs is 1. The number of likely N-dealkylation sites (tertiary alicyclic amines) is 1. The molecular weight excluding hydrogens is 362 g/mol. The Morgan fingerprint density at radius 2 is 2.00 bits per heavy atom. The number of hydrogen-bond donors (Lipinski definition) is 2. The van der Waals surface area contributed by atoms with Crippen LogP contribution in [-0.2, 0) is 4.79 Å². The van der Waals surface area contributed by atoms with Crippen LogP contribution < -0.4 is 11.1 Å². The molecule has 4 atom stereocenters. The maximum Gasteiger partial charge on any atom is 0.254 e. The molecule has 0 aromatic heterocycles. The lowest BCUT2D eigenvalue weighted by Crippen LogP contribution is -2.53. The molecule has 1 aromatic rings. The highest BCUT2D eigenvalue weighted by atomic mass is 35.5. The van der Waals surface area contributed by atoms with Gasteiger partial charge in [0.2, 0.25) is 5.91 Å². The zero-order valence-electron chi connectivity index (χ0n) is 15.6. The molecule has 3 fully saturated rings. The van der Waals surface area contributed by atoms with Crippen LogP contribution in [0.4, 0.5) is 0 Å². The lowest BCUT2D eigenvalue weighted by molar-refractivity contribution is -0.126. The highest BCUT2D eigenvalue weighted by Gasteiger charge is 2.48. The lowest BCUT2D eigenvalue weighted by Gasteiger charge is -2.34. The van der Waals surface area contributed by atoms with E-state index in [1.54, 1.807) is 24.3 Å². The van der Waals surface area contributed by atoms with Gasteiger partial charge in [-0.15, -0.1) is 0 Å². The number of amides is 2. The van der Waals surface area contributed by atoms with E-state index in [0.29, 0.717) is 29.0 Å². The van der Waals surface area contributed by atoms with Gasteiger partial charge in [0.05, 0.1) is 0 Å². The van der Waals surface area contributed by atoms with E-state index in [-0.39, 0.29) is 23.9 Å². The average Bonchev–Trinajstić information content (AvgIpc) is 3.44. The maximum atomic E-state index is 13.3. The molecular formula is C21H28ClN3O2. The van der Waals surface area contributed by atoms with Crippen molar-refractivity contribution < 1.29 is 9.59 Å². The Morgan fingerprint density at radius 1 is 1.22 bits per heavy atom. The molecule has 4 rings (SSSR count). The molecule has 1 saturated heterocycles. The van der Waals surface area contributed by atoms with Crippen molar-refractivity contribution in [2.75, 3.05) is 6.54 Å². The molecule has 0 radical (unpaired) electrons. The fourth-order valence-electron chi connectivity index (χ4n) is 4.90. The van der Waals surface area contributed by atoms with Gasteiger partial charge in [-0.25, -0.2) is 0 Å². The molecule has 0 spiro atoms. The van der Waals surface area contributed by atoms with Crippen LogP contribution in [0.2, 0.25) is 5.02 Å². The first kappa shape index (κ1) is 18.8. The molecule has 1 heterocycles. The molecule has 146 valence electrons. The van der Waals surface area contributed by atoms with E-state index < -0.39 is 6.04 Å². The summed E-state index contributed by atoms with van der Waals surface area (Å²) in [6.45, 7) is 0.457. The Balaban J connectivity index is 1.58. The number of nitrogens with zero attached hydrogens (tertiary/aromatic N) is 1. The van der Waals surface area contributed by atoms with Crippen molar-refractivity contribution in [3.63, 3.8) is 0 Å². The van der Waals surface area contributed by atoms with Crippen LogP contribution in [0.15, 0.2) is 24.3 Å². The predicted molar refractivity (Wildman–Crippen MR) is 105 cm³/mol. The van der Waals surface area contributed by atoms with Gasteiger partial charge < -0.3 is 16.0 Å². The zero-order valence-corrected chi connectivity index (χ0v) is 16.3. The Labute approximate surface area is 165 Å². The van der Waals surface area contributed by atoms with Crippen molar-refractivity contribution >= 4 is 23.4 Å². The van der Waals surface area contributed by atoms with Gasteiger partial charge in [0, 0.05) is 29.2 Å². The van der Waals surface area contributed by atoms with Gasteiger partial charge in [-0.3, -0.25) is 9.59 Å². The van der Waals surface area contributed by atoms with E-state index in [4.69, 9.17) is 17.3 Å². The zero-order chi connectivity index (χ0) is 19.0. The smallest absolute Gasteiger partial charge is 0.254 e. The molecule has 0 bridgehead atoms. The normalized spacial score (nSPS) is 28.5. The van der Waals surface area contributed by atoms with Crippen LogP contribution in [0, 0.1) is 11.8 Å². The Morgan fingerprint density at radius 3 is 2.70 bits per heavy atom. The second kappa shape index (κ2) is 7.80. The summed E-state index contributed by atoms with van der Waals surface area (Å²) >= 11 is 6.10. The van der Waals surface area contributed by atoms with Crippen molar-refractivity contribution in [1.29, 1.82) is 0 Å². The number of rotatable bonds is 5. The van der Waals surface area contributed by atoms with Crippen molar-refractivity contribution in [2.45, 2.75) is 63.1 Å². The summed E-state index contributed by atoms with van der Waals surface area (Å²) in [5.74, 6) is 0.791. The third kappa shape index (κ3) is 3.85. The number of nitrogens with one attached hydrogen (secondary N) is 1. The lowest BCUT2D eigenvalue weighted by atomic mass is 9.84. The first-order valence-electron chi connectivity index (χ1n) is 10.2. The number of carbonyl (C=O) groups is 2. The molecule has 6 heteroatoms. The third-order valence-corrected chi connectivity index (χ3v) is 6.70. The first-order chi connectivity index (χ1) is 13.1. The number of benzene rings is 1. The molecule has 3 N–H and O–H groups in total. The fourth-order valence-corrected chi connectivity index (χ4v) is 5.09. The summed E-state index contributed by atoms with van der Waals surface area (Å²) in [7, 11) is 0. The Bertz CT molecular complexity index is 721. The minimum atomic E-state index is -0.405. The second-order valence-electron chi connectivity index (χ2n) is 8.27. The standard InChI is InChI=1S/C21H28ClN3O2/c22-16-6-3-5-15(10-16)21(27)25-18-7-2-1-4-14(18)11-19(25)20(26)24-17(12-23)13-8-9-13/h3,5-6,10,13-14,17-19H,1-2,4,7-9,11-12,23H2,(H,24,26). The summed E-state index contributed by atoms with van der Waals surface area (Å²) in [5, 5.41) is 3.68. The highest BCUT2D eigenvalue weighted by molar-refractivity contribution is 6.31. The minimum Gasteiger partial charge on any atom is -0.350 e. The molecule has 1 aromatic carbocycles. The Hall–Kier alpha value is -1.59. The summed E-state index contributed by atoms with van der Waals surface area (Å²) < 4.78 is 0. The van der Waals surface area contributed by atoms with Gasteiger partial charge in [0.25, 0.3) is 5.91 Å². The first-order valence-corrected chi connectivity index (χ1v) is 10.5. The minimum absolute atomic E-state index is 0.0308. The van der Waals surface area contributed by atoms with Gasteiger partial charge in [-0.1, -0.05) is 30.5 Å². The van der Waals surface area contributed by atoms with Crippen LogP contribution in [0.3, 0.4) is 0 Å². The molecule has 2 aliphatic carbocycles. The fraction of sp³-hybridized carbons (Fsp3) is 0.619. The van der Waals surface area contributed by atoms with Gasteiger partial charge in [-0.2, -0.15) is 0 Å². The number of halogens is 1. The SMILES string of the molecule is NCC(NC(=O)C1CC2CCCCC2N1C(=O)c1cccc(Cl)c1)C1CC1. The van der Waals surface area contributed by atoms with E-state index in [9.17, 15) is 9.59 Å². The number of nitrogens with two attached hydrogens (primary N) is 1. The van der Waals surface area contributed by atoms with E-state index in [0.717, 1.165) is 38.5 Å². The molecule has 2 amide bonds. The predicted octanol–water partition coefficient (Wildman–Crippen LogP) is 2.97. The quantitative estimate of drug-likeness (QED) is 0.812. The van der Waals surface area contributed by atoms with Gasteiger partial charge in [0.1, 0.15) is 6.04 Å². The van der Waals surface area contributed by atoms with E-state index in [2.05, 4.69) is 5.32 Å². The molecule has 27 heavy (non-hydrogen) atoms.